The van der Waals surface area contributed by atoms with Crippen LogP contribution in [0.4, 0.5) is 5.69 Å². The molecule has 1 aliphatic heterocycles. The van der Waals surface area contributed by atoms with Gasteiger partial charge in [0.25, 0.3) is 11.8 Å². The number of rotatable bonds is 8. The quantitative estimate of drug-likeness (QED) is 0.495. The van der Waals surface area contributed by atoms with E-state index in [4.69, 9.17) is 0 Å². The zero-order valence-electron chi connectivity index (χ0n) is 18.0. The predicted molar refractivity (Wildman–Crippen MR) is 120 cm³/mol. The first-order valence-corrected chi connectivity index (χ1v) is 11.0. The Hall–Kier alpha value is -2.70. The highest BCUT2D eigenvalue weighted by Crippen LogP contribution is 2.27. The number of hydrogen-bond donors (Lipinski definition) is 4. The van der Waals surface area contributed by atoms with Gasteiger partial charge in [-0.15, -0.1) is 0 Å². The SMILES string of the molecule is CCCNC(=O)C[NH+]1CC[NH+]([C@H](C)C(=O)Nc2ccccc2-c2ccccc2)CC1. The van der Waals surface area contributed by atoms with Crippen molar-refractivity contribution >= 4 is 17.5 Å². The fraction of sp³-hybridized carbons (Fsp3) is 0.417. The average Bonchev–Trinajstić information content (AvgIpc) is 2.78. The van der Waals surface area contributed by atoms with Crippen LogP contribution in [0.5, 0.6) is 0 Å². The molecule has 0 aliphatic carbocycles. The molecular weight excluding hydrogens is 376 g/mol. The summed E-state index contributed by atoms with van der Waals surface area (Å²) in [5.41, 5.74) is 2.96. The van der Waals surface area contributed by atoms with Gasteiger partial charge < -0.3 is 20.4 Å². The number of carbonyl (C=O) groups is 2. The van der Waals surface area contributed by atoms with Crippen molar-refractivity contribution < 1.29 is 19.4 Å². The minimum absolute atomic E-state index is 0.0394. The van der Waals surface area contributed by atoms with Crippen molar-refractivity contribution in [3.05, 3.63) is 54.6 Å². The first kappa shape index (κ1) is 22.0. The number of benzene rings is 2. The smallest absolute Gasteiger partial charge is 0.282 e. The molecule has 0 spiro atoms. The molecule has 6 heteroatoms. The number of nitrogens with one attached hydrogen (secondary N) is 4. The van der Waals surface area contributed by atoms with Crippen molar-refractivity contribution in [3.8, 4) is 11.1 Å². The third-order valence-electron chi connectivity index (χ3n) is 5.86. The molecule has 3 rings (SSSR count). The zero-order chi connectivity index (χ0) is 21.3. The molecule has 0 saturated carbocycles. The van der Waals surface area contributed by atoms with E-state index in [0.717, 1.165) is 56.0 Å². The van der Waals surface area contributed by atoms with Crippen LogP contribution in [0.25, 0.3) is 11.1 Å². The van der Waals surface area contributed by atoms with Gasteiger partial charge in [0.15, 0.2) is 12.6 Å². The topological polar surface area (TPSA) is 67.1 Å². The average molecular weight is 411 g/mol. The summed E-state index contributed by atoms with van der Waals surface area (Å²) in [7, 11) is 0. The van der Waals surface area contributed by atoms with Gasteiger partial charge in [-0.3, -0.25) is 9.59 Å². The molecule has 6 nitrogen and oxygen atoms in total. The van der Waals surface area contributed by atoms with Gasteiger partial charge in [-0.25, -0.2) is 0 Å². The standard InChI is InChI=1S/C24H32N4O2/c1-3-13-25-23(29)18-27-14-16-28(17-15-27)19(2)24(30)26-22-12-8-7-11-21(22)20-9-5-4-6-10-20/h4-12,19H,3,13-18H2,1-2H3,(H,25,29)(H,26,30)/p+2/t19-/m1/s1. The van der Waals surface area contributed by atoms with E-state index in [0.29, 0.717) is 6.54 Å². The number of amides is 2. The summed E-state index contributed by atoms with van der Waals surface area (Å²) in [4.78, 5) is 27.5. The molecule has 0 radical (unpaired) electrons. The molecule has 1 aliphatic rings. The van der Waals surface area contributed by atoms with E-state index >= 15 is 0 Å². The Bertz CT molecular complexity index is 832. The van der Waals surface area contributed by atoms with Crippen LogP contribution in [0, 0.1) is 0 Å². The summed E-state index contributed by atoms with van der Waals surface area (Å²) < 4.78 is 0. The van der Waals surface area contributed by atoms with Gasteiger partial charge in [0.05, 0.1) is 0 Å². The molecule has 30 heavy (non-hydrogen) atoms. The molecule has 2 aromatic rings. The fourth-order valence-electron chi connectivity index (χ4n) is 3.98. The van der Waals surface area contributed by atoms with Crippen LogP contribution in [0.3, 0.4) is 0 Å². The molecule has 2 aromatic carbocycles. The predicted octanol–water partition coefficient (Wildman–Crippen LogP) is -0.00980. The fourth-order valence-corrected chi connectivity index (χ4v) is 3.98. The highest BCUT2D eigenvalue weighted by atomic mass is 16.2. The molecule has 1 heterocycles. The van der Waals surface area contributed by atoms with E-state index in [-0.39, 0.29) is 17.9 Å². The second kappa shape index (κ2) is 10.9. The maximum atomic E-state index is 13.0. The van der Waals surface area contributed by atoms with Crippen LogP contribution < -0.4 is 20.4 Å². The molecule has 0 unspecified atom stereocenters. The number of hydrogen-bond acceptors (Lipinski definition) is 2. The summed E-state index contributed by atoms with van der Waals surface area (Å²) in [5, 5.41) is 6.09. The van der Waals surface area contributed by atoms with Crippen LogP contribution in [0.2, 0.25) is 0 Å². The van der Waals surface area contributed by atoms with E-state index in [9.17, 15) is 9.59 Å². The van der Waals surface area contributed by atoms with Crippen LogP contribution in [0.1, 0.15) is 20.3 Å². The zero-order valence-corrected chi connectivity index (χ0v) is 18.0. The second-order valence-corrected chi connectivity index (χ2v) is 8.06. The normalized spacial score (nSPS) is 19.7. The third-order valence-corrected chi connectivity index (χ3v) is 5.86. The molecule has 0 aromatic heterocycles. The monoisotopic (exact) mass is 410 g/mol. The van der Waals surface area contributed by atoms with Gasteiger partial charge in [0.2, 0.25) is 0 Å². The Morgan fingerprint density at radius 3 is 2.33 bits per heavy atom. The van der Waals surface area contributed by atoms with Gasteiger partial charge in [-0.2, -0.15) is 0 Å². The van der Waals surface area contributed by atoms with Crippen molar-refractivity contribution in [2.45, 2.75) is 26.3 Å². The minimum atomic E-state index is -0.135. The number of anilines is 1. The van der Waals surface area contributed by atoms with Crippen molar-refractivity contribution in [1.82, 2.24) is 5.32 Å². The molecular formula is C24H34N4O2+2. The Kier molecular flexibility index (Phi) is 7.99. The molecule has 0 bridgehead atoms. The summed E-state index contributed by atoms with van der Waals surface area (Å²) in [6, 6.07) is 17.9. The second-order valence-electron chi connectivity index (χ2n) is 8.06. The van der Waals surface area contributed by atoms with Crippen molar-refractivity contribution in [3.63, 3.8) is 0 Å². The summed E-state index contributed by atoms with van der Waals surface area (Å²) >= 11 is 0. The van der Waals surface area contributed by atoms with E-state index in [1.807, 2.05) is 49.4 Å². The van der Waals surface area contributed by atoms with Crippen molar-refractivity contribution in [2.75, 3.05) is 44.6 Å². The lowest BCUT2D eigenvalue weighted by Gasteiger charge is -2.32. The van der Waals surface area contributed by atoms with Crippen LogP contribution in [-0.4, -0.2) is 57.1 Å². The van der Waals surface area contributed by atoms with Crippen molar-refractivity contribution in [2.24, 2.45) is 0 Å². The number of quaternary nitrogens is 2. The van der Waals surface area contributed by atoms with E-state index in [1.165, 1.54) is 9.80 Å². The number of carbonyl (C=O) groups excluding carboxylic acids is 2. The minimum Gasteiger partial charge on any atom is -0.351 e. The molecule has 160 valence electrons. The number of piperazine rings is 1. The molecule has 1 saturated heterocycles. The molecule has 1 atom stereocenters. The molecule has 4 N–H and O–H groups in total. The van der Waals surface area contributed by atoms with Gasteiger partial charge in [-0.05, 0) is 25.0 Å². The largest absolute Gasteiger partial charge is 0.351 e. The Morgan fingerprint density at radius 2 is 1.63 bits per heavy atom. The van der Waals surface area contributed by atoms with Gasteiger partial charge in [-0.1, -0.05) is 55.5 Å². The van der Waals surface area contributed by atoms with Gasteiger partial charge in [0.1, 0.15) is 26.2 Å². The highest BCUT2D eigenvalue weighted by Gasteiger charge is 2.32. The Balaban J connectivity index is 1.55. The lowest BCUT2D eigenvalue weighted by molar-refractivity contribution is -1.01. The van der Waals surface area contributed by atoms with Crippen LogP contribution in [0.15, 0.2) is 54.6 Å². The lowest BCUT2D eigenvalue weighted by atomic mass is 10.0. The van der Waals surface area contributed by atoms with E-state index in [1.54, 1.807) is 0 Å². The first-order chi connectivity index (χ1) is 14.6. The maximum absolute atomic E-state index is 13.0. The van der Waals surface area contributed by atoms with E-state index < -0.39 is 0 Å². The van der Waals surface area contributed by atoms with Crippen LogP contribution in [-0.2, 0) is 9.59 Å². The summed E-state index contributed by atoms with van der Waals surface area (Å²) in [5.74, 6) is 0.163. The Morgan fingerprint density at radius 1 is 0.967 bits per heavy atom. The lowest BCUT2D eigenvalue weighted by Crippen LogP contribution is -3.30. The van der Waals surface area contributed by atoms with Gasteiger partial charge >= 0.3 is 0 Å². The van der Waals surface area contributed by atoms with Crippen molar-refractivity contribution in [1.29, 1.82) is 0 Å². The molecule has 2 amide bonds. The first-order valence-electron chi connectivity index (χ1n) is 11.0. The third kappa shape index (κ3) is 5.90. The highest BCUT2D eigenvalue weighted by molar-refractivity contribution is 5.97. The number of para-hydroxylation sites is 1. The summed E-state index contributed by atoms with van der Waals surface area (Å²) in [6.45, 7) is 8.93. The molecule has 1 fully saturated rings. The van der Waals surface area contributed by atoms with Gasteiger partial charge in [0, 0.05) is 17.8 Å². The Labute approximate surface area is 179 Å². The maximum Gasteiger partial charge on any atom is 0.282 e. The van der Waals surface area contributed by atoms with E-state index in [2.05, 4.69) is 29.7 Å². The summed E-state index contributed by atoms with van der Waals surface area (Å²) in [6.07, 6.45) is 0.957. The van der Waals surface area contributed by atoms with Crippen LogP contribution >= 0.6 is 0 Å².